The van der Waals surface area contributed by atoms with Crippen LogP contribution in [0.15, 0.2) is 48.9 Å². The van der Waals surface area contributed by atoms with Crippen LogP contribution in [0.25, 0.3) is 22.3 Å². The molecular formula is C29H35N9O. The molecule has 10 nitrogen and oxygen atoms in total. The van der Waals surface area contributed by atoms with Crippen molar-refractivity contribution >= 4 is 34.5 Å². The average molecular weight is 526 g/mol. The van der Waals surface area contributed by atoms with Crippen molar-refractivity contribution in [3.05, 3.63) is 54.5 Å². The fourth-order valence-corrected chi connectivity index (χ4v) is 5.19. The number of H-pyrrole nitrogens is 1. The van der Waals surface area contributed by atoms with Gasteiger partial charge in [0.2, 0.25) is 11.9 Å². The van der Waals surface area contributed by atoms with Crippen molar-refractivity contribution in [2.24, 2.45) is 5.92 Å². The Morgan fingerprint density at radius 2 is 1.85 bits per heavy atom. The van der Waals surface area contributed by atoms with Crippen molar-refractivity contribution in [1.29, 1.82) is 0 Å². The summed E-state index contributed by atoms with van der Waals surface area (Å²) < 4.78 is 0. The fraction of sp³-hybridized carbons (Fsp3) is 0.414. The molecule has 4 heterocycles. The maximum Gasteiger partial charge on any atom is 0.225 e. The number of aromatic nitrogens is 5. The Bertz CT molecular complexity index is 1450. The number of amides is 1. The van der Waals surface area contributed by atoms with E-state index in [2.05, 4.69) is 61.0 Å². The van der Waals surface area contributed by atoms with Gasteiger partial charge in [0.1, 0.15) is 18.0 Å². The molecule has 202 valence electrons. The highest BCUT2D eigenvalue weighted by Crippen LogP contribution is 2.31. The van der Waals surface area contributed by atoms with E-state index in [0.29, 0.717) is 17.8 Å². The highest BCUT2D eigenvalue weighted by molar-refractivity contribution is 5.83. The van der Waals surface area contributed by atoms with Gasteiger partial charge in [0.25, 0.3) is 0 Å². The molecule has 39 heavy (non-hydrogen) atoms. The van der Waals surface area contributed by atoms with E-state index in [1.54, 1.807) is 6.33 Å². The van der Waals surface area contributed by atoms with Crippen molar-refractivity contribution in [2.75, 3.05) is 49.5 Å². The summed E-state index contributed by atoms with van der Waals surface area (Å²) in [6, 6.07) is 12.3. The van der Waals surface area contributed by atoms with E-state index in [9.17, 15) is 4.79 Å². The minimum absolute atomic E-state index is 0.299. The Balaban J connectivity index is 1.11. The number of benzene rings is 1. The van der Waals surface area contributed by atoms with Gasteiger partial charge in [-0.3, -0.25) is 9.69 Å². The van der Waals surface area contributed by atoms with Crippen LogP contribution in [0.4, 0.5) is 17.6 Å². The third-order valence-electron chi connectivity index (χ3n) is 7.61. The van der Waals surface area contributed by atoms with Crippen LogP contribution in [0.3, 0.4) is 0 Å². The number of pyridine rings is 1. The quantitative estimate of drug-likeness (QED) is 0.337. The van der Waals surface area contributed by atoms with Crippen molar-refractivity contribution in [1.82, 2.24) is 34.7 Å². The molecular weight excluding hydrogens is 490 g/mol. The minimum Gasteiger partial charge on any atom is -0.357 e. The Hall–Kier alpha value is -4.05. The van der Waals surface area contributed by atoms with Crippen molar-refractivity contribution < 1.29 is 4.79 Å². The third-order valence-corrected chi connectivity index (χ3v) is 7.61. The standard InChI is InChI=1S/C29H35N9O/c1-3-37(4-2)27-17-24(31-19-32-27)22-7-8-23-25(16-22)34-29(33-23)35-26-15-20(9-10-30-26)18-36-11-13-38(14-12-36)28(39)21-5-6-21/h7-10,15-17,19,21H,3-6,11-14,18H2,1-2H3,(H2,30,33,34,35). The van der Waals surface area contributed by atoms with Crippen LogP contribution in [0.5, 0.6) is 0 Å². The second-order valence-electron chi connectivity index (χ2n) is 10.3. The zero-order chi connectivity index (χ0) is 26.8. The summed E-state index contributed by atoms with van der Waals surface area (Å²) in [6.45, 7) is 10.3. The minimum atomic E-state index is 0.299. The smallest absolute Gasteiger partial charge is 0.225 e. The predicted octanol–water partition coefficient (Wildman–Crippen LogP) is 4.06. The average Bonchev–Trinajstić information content (AvgIpc) is 3.74. The van der Waals surface area contributed by atoms with Gasteiger partial charge >= 0.3 is 0 Å². The predicted molar refractivity (Wildman–Crippen MR) is 153 cm³/mol. The molecule has 2 fully saturated rings. The Kier molecular flexibility index (Phi) is 7.10. The molecule has 4 aromatic rings. The van der Waals surface area contributed by atoms with Crippen LogP contribution in [0, 0.1) is 5.92 Å². The first-order valence-corrected chi connectivity index (χ1v) is 13.9. The fourth-order valence-electron chi connectivity index (χ4n) is 5.19. The summed E-state index contributed by atoms with van der Waals surface area (Å²) in [4.78, 5) is 40.5. The molecule has 1 aromatic carbocycles. The lowest BCUT2D eigenvalue weighted by atomic mass is 10.1. The number of hydrogen-bond donors (Lipinski definition) is 2. The van der Waals surface area contributed by atoms with Crippen LogP contribution in [-0.2, 0) is 11.3 Å². The van der Waals surface area contributed by atoms with Crippen LogP contribution < -0.4 is 10.2 Å². The monoisotopic (exact) mass is 525 g/mol. The molecule has 1 aliphatic heterocycles. The van der Waals surface area contributed by atoms with Crippen LogP contribution in [-0.4, -0.2) is 79.9 Å². The van der Waals surface area contributed by atoms with E-state index in [1.165, 1.54) is 5.56 Å². The number of aromatic amines is 1. The third kappa shape index (κ3) is 5.70. The number of imidazole rings is 1. The molecule has 0 spiro atoms. The summed E-state index contributed by atoms with van der Waals surface area (Å²) >= 11 is 0. The molecule has 1 saturated heterocycles. The number of hydrogen-bond acceptors (Lipinski definition) is 8. The molecule has 2 N–H and O–H groups in total. The number of piperazine rings is 1. The zero-order valence-corrected chi connectivity index (χ0v) is 22.6. The SMILES string of the molecule is CCN(CC)c1cc(-c2ccc3nc(Nc4cc(CN5CCN(C(=O)C6CC6)CC5)ccn4)[nH]c3c2)ncn1. The normalized spacial score (nSPS) is 16.0. The molecule has 2 aliphatic rings. The van der Waals surface area contributed by atoms with Gasteiger partial charge < -0.3 is 20.1 Å². The van der Waals surface area contributed by atoms with Gasteiger partial charge in [-0.2, -0.15) is 0 Å². The topological polar surface area (TPSA) is 106 Å². The maximum absolute atomic E-state index is 12.3. The lowest BCUT2D eigenvalue weighted by Crippen LogP contribution is -2.48. The molecule has 0 radical (unpaired) electrons. The van der Waals surface area contributed by atoms with Gasteiger partial charge in [-0.25, -0.2) is 19.9 Å². The highest BCUT2D eigenvalue weighted by Gasteiger charge is 2.34. The van der Waals surface area contributed by atoms with Gasteiger partial charge in [-0.15, -0.1) is 0 Å². The molecule has 3 aromatic heterocycles. The first kappa shape index (κ1) is 25.2. The lowest BCUT2D eigenvalue weighted by Gasteiger charge is -2.34. The number of carbonyl (C=O) groups is 1. The summed E-state index contributed by atoms with van der Waals surface area (Å²) in [7, 11) is 0. The molecule has 10 heteroatoms. The lowest BCUT2D eigenvalue weighted by molar-refractivity contribution is -0.134. The van der Waals surface area contributed by atoms with E-state index in [-0.39, 0.29) is 0 Å². The number of anilines is 3. The number of nitrogens with one attached hydrogen (secondary N) is 2. The summed E-state index contributed by atoms with van der Waals surface area (Å²) in [6.07, 6.45) is 5.59. The van der Waals surface area contributed by atoms with Gasteiger partial charge in [0, 0.05) is 69.6 Å². The number of nitrogens with zero attached hydrogens (tertiary/aromatic N) is 7. The summed E-state index contributed by atoms with van der Waals surface area (Å²) in [5.74, 6) is 2.97. The van der Waals surface area contributed by atoms with Gasteiger partial charge in [0.15, 0.2) is 0 Å². The van der Waals surface area contributed by atoms with Crippen molar-refractivity contribution in [3.63, 3.8) is 0 Å². The van der Waals surface area contributed by atoms with Crippen LogP contribution in [0.1, 0.15) is 32.3 Å². The molecule has 0 bridgehead atoms. The van der Waals surface area contributed by atoms with E-state index >= 15 is 0 Å². The molecule has 1 saturated carbocycles. The second-order valence-corrected chi connectivity index (χ2v) is 10.3. The van der Waals surface area contributed by atoms with Gasteiger partial charge in [0.05, 0.1) is 16.7 Å². The first-order chi connectivity index (χ1) is 19.1. The maximum atomic E-state index is 12.3. The molecule has 1 aliphatic carbocycles. The van der Waals surface area contributed by atoms with Crippen LogP contribution >= 0.6 is 0 Å². The van der Waals surface area contributed by atoms with E-state index in [4.69, 9.17) is 4.98 Å². The second kappa shape index (κ2) is 11.0. The highest BCUT2D eigenvalue weighted by atomic mass is 16.2. The molecule has 6 rings (SSSR count). The number of rotatable bonds is 9. The van der Waals surface area contributed by atoms with Crippen LogP contribution in [0.2, 0.25) is 0 Å². The first-order valence-electron chi connectivity index (χ1n) is 13.9. The largest absolute Gasteiger partial charge is 0.357 e. The van der Waals surface area contributed by atoms with Crippen molar-refractivity contribution in [2.45, 2.75) is 33.2 Å². The number of fused-ring (bicyclic) bond motifs is 1. The Morgan fingerprint density at radius 1 is 1.03 bits per heavy atom. The van der Waals surface area contributed by atoms with Crippen molar-refractivity contribution in [3.8, 4) is 11.3 Å². The zero-order valence-electron chi connectivity index (χ0n) is 22.6. The number of carbonyl (C=O) groups excluding carboxylic acids is 1. The van der Waals surface area contributed by atoms with Gasteiger partial charge in [-0.1, -0.05) is 6.07 Å². The van der Waals surface area contributed by atoms with Gasteiger partial charge in [-0.05, 0) is 56.5 Å². The molecule has 1 amide bonds. The van der Waals surface area contributed by atoms with E-state index < -0.39 is 0 Å². The Labute approximate surface area is 228 Å². The van der Waals surface area contributed by atoms with E-state index in [0.717, 1.165) is 92.6 Å². The summed E-state index contributed by atoms with van der Waals surface area (Å²) in [5, 5.41) is 3.33. The molecule has 0 atom stereocenters. The molecule has 0 unspecified atom stereocenters. The Morgan fingerprint density at radius 3 is 2.62 bits per heavy atom. The van der Waals surface area contributed by atoms with E-state index in [1.807, 2.05) is 35.4 Å². The summed E-state index contributed by atoms with van der Waals surface area (Å²) in [5.41, 5.74) is 4.86.